The highest BCUT2D eigenvalue weighted by Gasteiger charge is 2.17. The van der Waals surface area contributed by atoms with Gasteiger partial charge in [-0.1, -0.05) is 50.7 Å². The average molecular weight is 461 g/mol. The summed E-state index contributed by atoms with van der Waals surface area (Å²) >= 11 is 1.33. The second-order valence-electron chi connectivity index (χ2n) is 7.77. The first-order valence-corrected chi connectivity index (χ1v) is 12.7. The van der Waals surface area contributed by atoms with Crippen molar-refractivity contribution in [2.45, 2.75) is 56.6 Å². The summed E-state index contributed by atoms with van der Waals surface area (Å²) in [5, 5.41) is 8.97. The van der Waals surface area contributed by atoms with Gasteiger partial charge in [-0.3, -0.25) is 4.79 Å². The zero-order valence-corrected chi connectivity index (χ0v) is 19.8. The number of carbonyl (C=O) groups is 1. The number of carbonyl (C=O) groups excluding carboxylic acids is 1. The van der Waals surface area contributed by atoms with Gasteiger partial charge in [0.2, 0.25) is 15.9 Å². The van der Waals surface area contributed by atoms with Crippen LogP contribution in [0.2, 0.25) is 0 Å². The molecule has 0 saturated carbocycles. The molecule has 9 heteroatoms. The van der Waals surface area contributed by atoms with Crippen LogP contribution < -0.4 is 10.5 Å². The number of sulfonamides is 1. The molecule has 0 aliphatic rings. The fourth-order valence-corrected chi connectivity index (χ4v) is 4.84. The molecule has 0 fully saturated rings. The third-order valence-electron chi connectivity index (χ3n) is 4.98. The quantitative estimate of drug-likeness (QED) is 0.489. The Morgan fingerprint density at radius 1 is 1.26 bits per heavy atom. The van der Waals surface area contributed by atoms with Crippen molar-refractivity contribution in [1.82, 2.24) is 9.55 Å². The molecule has 166 valence electrons. The Morgan fingerprint density at radius 3 is 2.65 bits per heavy atom. The minimum atomic E-state index is -3.81. The molecule has 0 aliphatic heterocycles. The van der Waals surface area contributed by atoms with E-state index in [1.807, 2.05) is 29.7 Å². The van der Waals surface area contributed by atoms with E-state index < -0.39 is 10.0 Å². The first kappa shape index (κ1) is 23.3. The Kier molecular flexibility index (Phi) is 7.08. The van der Waals surface area contributed by atoms with Crippen LogP contribution in [0, 0.1) is 6.92 Å². The number of imidazole rings is 1. The summed E-state index contributed by atoms with van der Waals surface area (Å²) < 4.78 is 25.3. The topological polar surface area (TPSA) is 107 Å². The second kappa shape index (κ2) is 9.42. The molecule has 0 saturated heterocycles. The first-order valence-electron chi connectivity index (χ1n) is 10.2. The van der Waals surface area contributed by atoms with Crippen LogP contribution >= 0.6 is 11.8 Å². The number of aryl methyl sites for hydroxylation is 2. The molecular weight excluding hydrogens is 432 g/mol. The molecule has 1 heterocycles. The second-order valence-corrected chi connectivity index (χ2v) is 10.3. The maximum absolute atomic E-state index is 12.7. The molecule has 3 aromatic rings. The Labute approximate surface area is 187 Å². The minimum Gasteiger partial charge on any atom is -0.325 e. The number of anilines is 1. The number of thioether (sulfide) groups is 1. The number of nitrogens with two attached hydrogens (primary N) is 1. The number of nitrogens with one attached hydrogen (secondary N) is 1. The number of para-hydroxylation sites is 1. The summed E-state index contributed by atoms with van der Waals surface area (Å²) in [6, 6.07) is 10.7. The number of hydrogen-bond donors (Lipinski definition) is 2. The van der Waals surface area contributed by atoms with Crippen molar-refractivity contribution in [2.24, 2.45) is 5.14 Å². The van der Waals surface area contributed by atoms with Crippen molar-refractivity contribution in [3.63, 3.8) is 0 Å². The zero-order chi connectivity index (χ0) is 22.8. The van der Waals surface area contributed by atoms with Crippen LogP contribution in [0.5, 0.6) is 0 Å². The van der Waals surface area contributed by atoms with Gasteiger partial charge in [-0.2, -0.15) is 0 Å². The molecule has 0 bridgehead atoms. The Bertz CT molecular complexity index is 1220. The molecule has 31 heavy (non-hydrogen) atoms. The summed E-state index contributed by atoms with van der Waals surface area (Å²) in [6.45, 7) is 8.95. The van der Waals surface area contributed by atoms with E-state index in [1.165, 1.54) is 23.9 Å². The Balaban J connectivity index is 1.83. The van der Waals surface area contributed by atoms with Crippen molar-refractivity contribution >= 4 is 44.4 Å². The van der Waals surface area contributed by atoms with Gasteiger partial charge in [0.15, 0.2) is 5.16 Å². The fourth-order valence-electron chi connectivity index (χ4n) is 3.46. The van der Waals surface area contributed by atoms with Crippen LogP contribution in [0.3, 0.4) is 0 Å². The van der Waals surface area contributed by atoms with Crippen molar-refractivity contribution in [3.8, 4) is 0 Å². The van der Waals surface area contributed by atoms with E-state index in [2.05, 4.69) is 31.1 Å². The maximum Gasteiger partial charge on any atom is 0.238 e. The van der Waals surface area contributed by atoms with Crippen LogP contribution in [0.1, 0.15) is 44.2 Å². The van der Waals surface area contributed by atoms with Gasteiger partial charge in [0.25, 0.3) is 0 Å². The lowest BCUT2D eigenvalue weighted by Gasteiger charge is -2.16. The molecule has 0 atom stereocenters. The number of primary sulfonamides is 1. The van der Waals surface area contributed by atoms with Crippen molar-refractivity contribution in [1.29, 1.82) is 0 Å². The largest absolute Gasteiger partial charge is 0.325 e. The lowest BCUT2D eigenvalue weighted by molar-refractivity contribution is -0.113. The van der Waals surface area contributed by atoms with Gasteiger partial charge < -0.3 is 9.88 Å². The SMILES string of the molecule is CCCn1c(SCC(=O)Nc2c(C)cccc2C(C)C)nc2cc(S(N)(=O)=O)ccc21. The molecule has 1 aromatic heterocycles. The van der Waals surface area contributed by atoms with Crippen LogP contribution in [0.25, 0.3) is 11.0 Å². The first-order chi connectivity index (χ1) is 14.6. The van der Waals surface area contributed by atoms with E-state index in [0.717, 1.165) is 28.8 Å². The van der Waals surface area contributed by atoms with Gasteiger partial charge in [0, 0.05) is 12.2 Å². The number of nitrogens with zero attached hydrogens (tertiary/aromatic N) is 2. The highest BCUT2D eigenvalue weighted by Crippen LogP contribution is 2.29. The number of rotatable bonds is 8. The third kappa shape index (κ3) is 5.28. The smallest absolute Gasteiger partial charge is 0.238 e. The van der Waals surface area contributed by atoms with E-state index in [-0.39, 0.29) is 16.6 Å². The van der Waals surface area contributed by atoms with E-state index in [4.69, 9.17) is 5.14 Å². The Morgan fingerprint density at radius 2 is 2.00 bits per heavy atom. The van der Waals surface area contributed by atoms with Gasteiger partial charge in [0.05, 0.1) is 21.7 Å². The number of amides is 1. The van der Waals surface area contributed by atoms with Gasteiger partial charge in [-0.25, -0.2) is 18.5 Å². The van der Waals surface area contributed by atoms with Gasteiger partial charge >= 0.3 is 0 Å². The molecule has 0 unspecified atom stereocenters. The highest BCUT2D eigenvalue weighted by atomic mass is 32.2. The lowest BCUT2D eigenvalue weighted by Crippen LogP contribution is -2.17. The molecule has 1 amide bonds. The standard InChI is InChI=1S/C22H28N4O3S2/c1-5-11-26-19-10-9-16(31(23,28)29)12-18(19)24-22(26)30-13-20(27)25-21-15(4)7-6-8-17(21)14(2)3/h6-10,12,14H,5,11,13H2,1-4H3,(H,25,27)(H2,23,28,29). The summed E-state index contributed by atoms with van der Waals surface area (Å²) in [6.07, 6.45) is 0.878. The predicted octanol–water partition coefficient (Wildman–Crippen LogP) is 4.26. The van der Waals surface area contributed by atoms with Crippen molar-refractivity contribution < 1.29 is 13.2 Å². The van der Waals surface area contributed by atoms with Gasteiger partial charge in [0.1, 0.15) is 0 Å². The number of aromatic nitrogens is 2. The Hall–Kier alpha value is -2.36. The average Bonchev–Trinajstić information content (AvgIpc) is 3.04. The molecule has 3 rings (SSSR count). The summed E-state index contributed by atoms with van der Waals surface area (Å²) in [5.74, 6) is 0.382. The number of benzene rings is 2. The predicted molar refractivity (Wildman–Crippen MR) is 126 cm³/mol. The lowest BCUT2D eigenvalue weighted by atomic mass is 9.98. The van der Waals surface area contributed by atoms with E-state index in [0.29, 0.717) is 23.1 Å². The van der Waals surface area contributed by atoms with Crippen molar-refractivity contribution in [3.05, 3.63) is 47.5 Å². The van der Waals surface area contributed by atoms with Crippen LogP contribution in [-0.2, 0) is 21.4 Å². The summed E-state index contributed by atoms with van der Waals surface area (Å²) in [4.78, 5) is 17.3. The van der Waals surface area contributed by atoms with Crippen LogP contribution in [0.4, 0.5) is 5.69 Å². The molecule has 0 radical (unpaired) electrons. The van der Waals surface area contributed by atoms with E-state index >= 15 is 0 Å². The van der Waals surface area contributed by atoms with Gasteiger partial charge in [-0.15, -0.1) is 0 Å². The van der Waals surface area contributed by atoms with Crippen LogP contribution in [-0.4, -0.2) is 29.6 Å². The van der Waals surface area contributed by atoms with Crippen LogP contribution in [0.15, 0.2) is 46.5 Å². The maximum atomic E-state index is 12.7. The number of hydrogen-bond acceptors (Lipinski definition) is 5. The normalized spacial score (nSPS) is 11.9. The molecule has 2 aromatic carbocycles. The third-order valence-corrected chi connectivity index (χ3v) is 6.87. The fraction of sp³-hybridized carbons (Fsp3) is 0.364. The minimum absolute atomic E-state index is 0.0243. The molecule has 0 aliphatic carbocycles. The number of fused-ring (bicyclic) bond motifs is 1. The molecule has 7 nitrogen and oxygen atoms in total. The monoisotopic (exact) mass is 460 g/mol. The molecular formula is C22H28N4O3S2. The highest BCUT2D eigenvalue weighted by molar-refractivity contribution is 7.99. The molecule has 3 N–H and O–H groups in total. The van der Waals surface area contributed by atoms with E-state index in [1.54, 1.807) is 6.07 Å². The van der Waals surface area contributed by atoms with Crippen molar-refractivity contribution in [2.75, 3.05) is 11.1 Å². The summed E-state index contributed by atoms with van der Waals surface area (Å²) in [7, 11) is -3.81. The zero-order valence-electron chi connectivity index (χ0n) is 18.2. The molecule has 0 spiro atoms. The van der Waals surface area contributed by atoms with E-state index in [9.17, 15) is 13.2 Å². The van der Waals surface area contributed by atoms with Gasteiger partial charge in [-0.05, 0) is 48.6 Å². The summed E-state index contributed by atoms with van der Waals surface area (Å²) in [5.41, 5.74) is 4.36.